The van der Waals surface area contributed by atoms with Crippen LogP contribution in [-0.2, 0) is 4.74 Å². The molecular weight excluding hydrogens is 312 g/mol. The maximum absolute atomic E-state index is 6.54. The van der Waals surface area contributed by atoms with Crippen LogP contribution in [0.4, 0.5) is 0 Å². The molecule has 100 valence electrons. The molecule has 0 N–H and O–H groups in total. The monoisotopic (exact) mass is 330 g/mol. The van der Waals surface area contributed by atoms with Crippen molar-refractivity contribution in [3.05, 3.63) is 33.3 Å². The van der Waals surface area contributed by atoms with Gasteiger partial charge in [-0.3, -0.25) is 0 Å². The Morgan fingerprint density at radius 3 is 2.83 bits per heavy atom. The van der Waals surface area contributed by atoms with Crippen molar-refractivity contribution in [3.8, 4) is 0 Å². The molecule has 1 fully saturated rings. The molecule has 1 heterocycles. The minimum absolute atomic E-state index is 0.0981. The summed E-state index contributed by atoms with van der Waals surface area (Å²) in [6.07, 6.45) is 4.90. The summed E-state index contributed by atoms with van der Waals surface area (Å²) in [5.41, 5.74) is 3.77. The summed E-state index contributed by atoms with van der Waals surface area (Å²) >= 11 is 10.1. The second-order valence-corrected chi connectivity index (χ2v) is 6.52. The topological polar surface area (TPSA) is 9.23 Å². The number of aryl methyl sites for hydroxylation is 2. The molecule has 0 saturated carbocycles. The van der Waals surface area contributed by atoms with Crippen molar-refractivity contribution >= 4 is 27.5 Å². The van der Waals surface area contributed by atoms with Gasteiger partial charge in [0.25, 0.3) is 0 Å². The zero-order valence-corrected chi connectivity index (χ0v) is 13.4. The summed E-state index contributed by atoms with van der Waals surface area (Å²) < 4.78 is 6.81. The Morgan fingerprint density at radius 2 is 2.17 bits per heavy atom. The summed E-state index contributed by atoms with van der Waals surface area (Å²) in [7, 11) is 0. The van der Waals surface area contributed by atoms with Crippen molar-refractivity contribution in [2.45, 2.75) is 51.0 Å². The molecule has 18 heavy (non-hydrogen) atoms. The van der Waals surface area contributed by atoms with Crippen molar-refractivity contribution in [2.75, 3.05) is 6.61 Å². The second-order valence-electron chi connectivity index (χ2n) is 5.14. The average Bonchev–Trinajstić information content (AvgIpc) is 2.84. The fourth-order valence-corrected chi connectivity index (χ4v) is 3.32. The van der Waals surface area contributed by atoms with Gasteiger partial charge in [0.05, 0.1) is 11.5 Å². The third-order valence-corrected chi connectivity index (χ3v) is 4.96. The minimum atomic E-state index is 0.0981. The van der Waals surface area contributed by atoms with E-state index in [1.54, 1.807) is 0 Å². The Kier molecular flexibility index (Phi) is 5.11. The van der Waals surface area contributed by atoms with Gasteiger partial charge in [0.15, 0.2) is 0 Å². The van der Waals surface area contributed by atoms with E-state index in [0.717, 1.165) is 23.9 Å². The van der Waals surface area contributed by atoms with E-state index in [1.807, 2.05) is 0 Å². The normalized spacial score (nSPS) is 21.2. The van der Waals surface area contributed by atoms with Gasteiger partial charge in [-0.15, -0.1) is 11.6 Å². The SMILES string of the molecule is Cc1cc(C(Cl)CCC2CCCO2)c(C)cc1Br. The smallest absolute Gasteiger partial charge is 0.0588 e. The Bertz CT molecular complexity index is 413. The zero-order valence-electron chi connectivity index (χ0n) is 11.0. The zero-order chi connectivity index (χ0) is 13.1. The second kappa shape index (κ2) is 6.40. The first-order valence-corrected chi connectivity index (χ1v) is 7.83. The lowest BCUT2D eigenvalue weighted by Crippen LogP contribution is -2.06. The highest BCUT2D eigenvalue weighted by molar-refractivity contribution is 9.10. The van der Waals surface area contributed by atoms with Crippen molar-refractivity contribution in [1.82, 2.24) is 0 Å². The molecule has 3 heteroatoms. The molecule has 0 radical (unpaired) electrons. The maximum Gasteiger partial charge on any atom is 0.0588 e. The first-order chi connectivity index (χ1) is 8.58. The van der Waals surface area contributed by atoms with Crippen LogP contribution in [0.25, 0.3) is 0 Å². The fraction of sp³-hybridized carbons (Fsp3) is 0.600. The van der Waals surface area contributed by atoms with Gasteiger partial charge in [-0.25, -0.2) is 0 Å². The van der Waals surface area contributed by atoms with Crippen molar-refractivity contribution in [3.63, 3.8) is 0 Å². The Morgan fingerprint density at radius 1 is 1.39 bits per heavy atom. The number of alkyl halides is 1. The van der Waals surface area contributed by atoms with E-state index in [0.29, 0.717) is 6.10 Å². The van der Waals surface area contributed by atoms with E-state index < -0.39 is 0 Å². The molecule has 1 aliphatic rings. The van der Waals surface area contributed by atoms with Gasteiger partial charge < -0.3 is 4.74 Å². The first-order valence-electron chi connectivity index (χ1n) is 6.60. The van der Waals surface area contributed by atoms with Gasteiger partial charge in [0, 0.05) is 11.1 Å². The highest BCUT2D eigenvalue weighted by Gasteiger charge is 2.19. The first kappa shape index (κ1) is 14.4. The summed E-state index contributed by atoms with van der Waals surface area (Å²) in [6.45, 7) is 5.16. The van der Waals surface area contributed by atoms with Crippen LogP contribution in [0.3, 0.4) is 0 Å². The van der Waals surface area contributed by atoms with Crippen molar-refractivity contribution in [2.24, 2.45) is 0 Å². The molecule has 1 saturated heterocycles. The highest BCUT2D eigenvalue weighted by Crippen LogP contribution is 2.33. The van der Waals surface area contributed by atoms with E-state index in [-0.39, 0.29) is 5.38 Å². The van der Waals surface area contributed by atoms with E-state index in [4.69, 9.17) is 16.3 Å². The fourth-order valence-electron chi connectivity index (χ4n) is 2.50. The van der Waals surface area contributed by atoms with Crippen LogP contribution in [0, 0.1) is 13.8 Å². The third kappa shape index (κ3) is 3.49. The van der Waals surface area contributed by atoms with Crippen molar-refractivity contribution in [1.29, 1.82) is 0 Å². The summed E-state index contributed by atoms with van der Waals surface area (Å²) in [4.78, 5) is 0. The molecule has 1 aromatic rings. The van der Waals surface area contributed by atoms with Crippen LogP contribution in [0.2, 0.25) is 0 Å². The largest absolute Gasteiger partial charge is 0.378 e. The van der Waals surface area contributed by atoms with Crippen LogP contribution in [0.15, 0.2) is 16.6 Å². The molecule has 1 aromatic carbocycles. The van der Waals surface area contributed by atoms with Crippen LogP contribution in [0.1, 0.15) is 47.8 Å². The molecule has 0 amide bonds. The van der Waals surface area contributed by atoms with Crippen molar-refractivity contribution < 1.29 is 4.74 Å². The minimum Gasteiger partial charge on any atom is -0.378 e. The van der Waals surface area contributed by atoms with E-state index in [9.17, 15) is 0 Å². The number of rotatable bonds is 4. The van der Waals surface area contributed by atoms with Crippen LogP contribution in [0.5, 0.6) is 0 Å². The molecule has 2 atom stereocenters. The Hall–Kier alpha value is -0.0500. The van der Waals surface area contributed by atoms with Crippen LogP contribution in [-0.4, -0.2) is 12.7 Å². The van der Waals surface area contributed by atoms with Crippen LogP contribution >= 0.6 is 27.5 Å². The standard InChI is InChI=1S/C15H20BrClO/c1-10-9-14(16)11(2)8-13(10)15(17)6-5-12-4-3-7-18-12/h8-9,12,15H,3-7H2,1-2H3. The summed E-state index contributed by atoms with van der Waals surface area (Å²) in [6, 6.07) is 4.36. The number of benzene rings is 1. The lowest BCUT2D eigenvalue weighted by molar-refractivity contribution is 0.102. The predicted molar refractivity (Wildman–Crippen MR) is 80.4 cm³/mol. The third-order valence-electron chi connectivity index (χ3n) is 3.65. The molecule has 2 rings (SSSR count). The number of hydrogen-bond donors (Lipinski definition) is 0. The molecule has 1 nitrogen and oxygen atoms in total. The predicted octanol–water partition coefficient (Wildman–Crippen LogP) is 5.31. The molecule has 0 aliphatic carbocycles. The lowest BCUT2D eigenvalue weighted by Gasteiger charge is -2.16. The van der Waals surface area contributed by atoms with Gasteiger partial charge in [0.2, 0.25) is 0 Å². The number of ether oxygens (including phenoxy) is 1. The van der Waals surface area contributed by atoms with Gasteiger partial charge in [-0.1, -0.05) is 22.0 Å². The lowest BCUT2D eigenvalue weighted by atomic mass is 9.98. The van der Waals surface area contributed by atoms with Gasteiger partial charge in [-0.2, -0.15) is 0 Å². The molecular formula is C15H20BrClO. The molecule has 2 unspecified atom stereocenters. The summed E-state index contributed by atoms with van der Waals surface area (Å²) in [5.74, 6) is 0. The van der Waals surface area contributed by atoms with Gasteiger partial charge >= 0.3 is 0 Å². The van der Waals surface area contributed by atoms with Gasteiger partial charge in [-0.05, 0) is 62.3 Å². The Labute approximate surface area is 123 Å². The number of halogens is 2. The summed E-state index contributed by atoms with van der Waals surface area (Å²) in [5, 5.41) is 0.0981. The average molecular weight is 332 g/mol. The van der Waals surface area contributed by atoms with Gasteiger partial charge in [0.1, 0.15) is 0 Å². The quantitative estimate of drug-likeness (QED) is 0.680. The molecule has 0 aromatic heterocycles. The van der Waals surface area contributed by atoms with E-state index in [2.05, 4.69) is 41.9 Å². The molecule has 1 aliphatic heterocycles. The van der Waals surface area contributed by atoms with Crippen LogP contribution < -0.4 is 0 Å². The Balaban J connectivity index is 1.99. The molecule has 0 bridgehead atoms. The highest BCUT2D eigenvalue weighted by atomic mass is 79.9. The number of hydrogen-bond acceptors (Lipinski definition) is 1. The van der Waals surface area contributed by atoms with E-state index in [1.165, 1.54) is 29.5 Å². The van der Waals surface area contributed by atoms with E-state index >= 15 is 0 Å². The molecule has 0 spiro atoms. The maximum atomic E-state index is 6.54.